The quantitative estimate of drug-likeness (QED) is 0.592. The summed E-state index contributed by atoms with van der Waals surface area (Å²) >= 11 is 0. The highest BCUT2D eigenvalue weighted by molar-refractivity contribution is 6.01. The summed E-state index contributed by atoms with van der Waals surface area (Å²) in [6.07, 6.45) is 1.05. The molecule has 3 saturated heterocycles. The first kappa shape index (κ1) is 22.4. The molecule has 174 valence electrons. The predicted molar refractivity (Wildman–Crippen MR) is 114 cm³/mol. The number of amides is 4. The summed E-state index contributed by atoms with van der Waals surface area (Å²) in [4.78, 5) is 39.6. The average molecular weight is 450 g/mol. The molecule has 3 heterocycles. The van der Waals surface area contributed by atoms with Crippen LogP contribution in [0.1, 0.15) is 44.6 Å². The minimum atomic E-state index is -1.02. The van der Waals surface area contributed by atoms with Crippen molar-refractivity contribution in [3.8, 4) is 0 Å². The van der Waals surface area contributed by atoms with E-state index in [-0.39, 0.29) is 36.5 Å². The molecule has 2 unspecified atom stereocenters. The van der Waals surface area contributed by atoms with Gasteiger partial charge in [-0.1, -0.05) is 0 Å². The Bertz CT molecular complexity index is 896. The second-order valence-electron chi connectivity index (χ2n) is 9.12. The summed E-state index contributed by atoms with van der Waals surface area (Å²) in [5.74, 6) is -3.74. The Morgan fingerprint density at radius 3 is 2.31 bits per heavy atom. The molecule has 0 spiro atoms. The molecule has 2 atom stereocenters. The maximum atomic E-state index is 14.7. The monoisotopic (exact) mass is 449 g/mol. The number of likely N-dealkylation sites (tertiary alicyclic amines) is 1. The fourth-order valence-electron chi connectivity index (χ4n) is 4.62. The van der Waals surface area contributed by atoms with Gasteiger partial charge in [0.1, 0.15) is 11.6 Å². The zero-order chi connectivity index (χ0) is 23.0. The van der Waals surface area contributed by atoms with Crippen molar-refractivity contribution in [3.05, 3.63) is 29.3 Å². The third-order valence-electron chi connectivity index (χ3n) is 6.52. The number of benzene rings is 1. The molecule has 4 amide bonds. The fraction of sp³-hybridized carbons (Fsp3) is 0.591. The Hall–Kier alpha value is -2.75. The van der Waals surface area contributed by atoms with Crippen LogP contribution in [0.4, 0.5) is 19.3 Å². The minimum Gasteiger partial charge on any atom is -0.367 e. The van der Waals surface area contributed by atoms with Gasteiger partial charge in [0.05, 0.1) is 12.0 Å². The first-order chi connectivity index (χ1) is 15.2. The molecule has 32 heavy (non-hydrogen) atoms. The van der Waals surface area contributed by atoms with Crippen LogP contribution in [0.25, 0.3) is 0 Å². The number of hydrogen-bond donors (Lipinski definition) is 3. The second-order valence-corrected chi connectivity index (χ2v) is 9.12. The van der Waals surface area contributed by atoms with E-state index >= 15 is 0 Å². The van der Waals surface area contributed by atoms with Gasteiger partial charge < -0.3 is 15.5 Å². The number of nitrogens with zero attached hydrogens (tertiary/aromatic N) is 2. The van der Waals surface area contributed by atoms with Crippen LogP contribution in [0, 0.1) is 11.6 Å². The average Bonchev–Trinajstić information content (AvgIpc) is 3.14. The molecule has 8 nitrogen and oxygen atoms in total. The molecule has 10 heteroatoms. The van der Waals surface area contributed by atoms with E-state index in [9.17, 15) is 23.2 Å². The Morgan fingerprint density at radius 1 is 1.06 bits per heavy atom. The molecule has 1 aromatic carbocycles. The summed E-state index contributed by atoms with van der Waals surface area (Å²) in [5.41, 5.74) is 0.0539. The minimum absolute atomic E-state index is 0.0505. The van der Waals surface area contributed by atoms with Crippen LogP contribution in [0.15, 0.2) is 12.1 Å². The van der Waals surface area contributed by atoms with Crippen molar-refractivity contribution in [3.63, 3.8) is 0 Å². The van der Waals surface area contributed by atoms with Gasteiger partial charge in [-0.15, -0.1) is 0 Å². The summed E-state index contributed by atoms with van der Waals surface area (Å²) < 4.78 is 29.4. The van der Waals surface area contributed by atoms with E-state index in [4.69, 9.17) is 0 Å². The summed E-state index contributed by atoms with van der Waals surface area (Å²) in [5, 5.41) is 8.03. The van der Waals surface area contributed by atoms with E-state index in [0.717, 1.165) is 19.5 Å². The maximum Gasteiger partial charge on any atom is 0.315 e. The number of imide groups is 1. The molecule has 0 bridgehead atoms. The lowest BCUT2D eigenvalue weighted by Crippen LogP contribution is -2.61. The number of anilines is 1. The Labute approximate surface area is 185 Å². The van der Waals surface area contributed by atoms with Crippen LogP contribution < -0.4 is 20.9 Å². The number of urea groups is 1. The van der Waals surface area contributed by atoms with E-state index in [1.54, 1.807) is 4.90 Å². The highest BCUT2D eigenvalue weighted by atomic mass is 19.1. The van der Waals surface area contributed by atoms with E-state index in [1.165, 1.54) is 12.1 Å². The highest BCUT2D eigenvalue weighted by Gasteiger charge is 2.35. The lowest BCUT2D eigenvalue weighted by molar-refractivity contribution is -0.134. The van der Waals surface area contributed by atoms with Crippen LogP contribution in [-0.2, 0) is 9.59 Å². The molecule has 0 aromatic heterocycles. The molecule has 3 aliphatic heterocycles. The van der Waals surface area contributed by atoms with Crippen molar-refractivity contribution in [2.45, 2.75) is 57.2 Å². The number of halogens is 2. The normalized spacial score (nSPS) is 24.5. The number of rotatable bonds is 5. The number of hydrogen-bond acceptors (Lipinski definition) is 5. The summed E-state index contributed by atoms with van der Waals surface area (Å²) in [6.45, 7) is 6.94. The highest BCUT2D eigenvalue weighted by Crippen LogP contribution is 2.33. The largest absolute Gasteiger partial charge is 0.367 e. The molecule has 0 radical (unpaired) electrons. The van der Waals surface area contributed by atoms with Gasteiger partial charge in [0, 0.05) is 55.9 Å². The standard InChI is InChI=1S/C22H29F2N5O3/c1-12(2)28-6-5-13(9-28)25-22(32)26-14-10-29(11-14)15-7-17(23)20(18(24)8-15)16-3-4-19(30)27-21(16)31/h7-8,12-14,16H,3-6,9-11H2,1-2H3,(H2,25,26,32)(H,27,30,31). The van der Waals surface area contributed by atoms with Crippen molar-refractivity contribution in [2.24, 2.45) is 0 Å². The number of carbonyl (C=O) groups is 3. The van der Waals surface area contributed by atoms with Crippen molar-refractivity contribution < 1.29 is 23.2 Å². The number of carbonyl (C=O) groups excluding carboxylic acids is 3. The van der Waals surface area contributed by atoms with Gasteiger partial charge >= 0.3 is 6.03 Å². The summed E-state index contributed by atoms with van der Waals surface area (Å²) in [7, 11) is 0. The predicted octanol–water partition coefficient (Wildman–Crippen LogP) is 1.46. The molecular formula is C22H29F2N5O3. The van der Waals surface area contributed by atoms with Gasteiger partial charge in [-0.25, -0.2) is 13.6 Å². The van der Waals surface area contributed by atoms with Gasteiger partial charge in [0.2, 0.25) is 11.8 Å². The van der Waals surface area contributed by atoms with Gasteiger partial charge in [-0.2, -0.15) is 0 Å². The first-order valence-corrected chi connectivity index (χ1v) is 11.1. The lowest BCUT2D eigenvalue weighted by Gasteiger charge is -2.41. The van der Waals surface area contributed by atoms with Gasteiger partial charge in [0.25, 0.3) is 0 Å². The van der Waals surface area contributed by atoms with Gasteiger partial charge in [-0.05, 0) is 38.8 Å². The zero-order valence-electron chi connectivity index (χ0n) is 18.3. The van der Waals surface area contributed by atoms with E-state index < -0.39 is 29.4 Å². The van der Waals surface area contributed by atoms with Crippen LogP contribution in [0.3, 0.4) is 0 Å². The van der Waals surface area contributed by atoms with Crippen molar-refractivity contribution in [2.75, 3.05) is 31.1 Å². The van der Waals surface area contributed by atoms with E-state index in [2.05, 4.69) is 34.7 Å². The van der Waals surface area contributed by atoms with Crippen molar-refractivity contribution in [1.82, 2.24) is 20.9 Å². The molecule has 1 aromatic rings. The Balaban J connectivity index is 1.30. The number of piperidine rings is 1. The topological polar surface area (TPSA) is 93.8 Å². The molecular weight excluding hydrogens is 420 g/mol. The van der Waals surface area contributed by atoms with E-state index in [0.29, 0.717) is 24.8 Å². The van der Waals surface area contributed by atoms with Crippen LogP contribution in [0.2, 0.25) is 0 Å². The maximum absolute atomic E-state index is 14.7. The van der Waals surface area contributed by atoms with Gasteiger partial charge in [-0.3, -0.25) is 19.8 Å². The van der Waals surface area contributed by atoms with Crippen LogP contribution in [0.5, 0.6) is 0 Å². The Morgan fingerprint density at radius 2 is 1.72 bits per heavy atom. The SMILES string of the molecule is CC(C)N1CCC(NC(=O)NC2CN(c3cc(F)c(C4CCC(=O)NC4=O)c(F)c3)C2)C1. The molecule has 0 aliphatic carbocycles. The molecule has 3 fully saturated rings. The first-order valence-electron chi connectivity index (χ1n) is 11.1. The lowest BCUT2D eigenvalue weighted by atomic mass is 9.89. The van der Waals surface area contributed by atoms with Crippen LogP contribution in [-0.4, -0.2) is 67.0 Å². The zero-order valence-corrected chi connectivity index (χ0v) is 18.3. The van der Waals surface area contributed by atoms with Crippen molar-refractivity contribution >= 4 is 23.5 Å². The second kappa shape index (κ2) is 9.01. The van der Waals surface area contributed by atoms with Crippen molar-refractivity contribution in [1.29, 1.82) is 0 Å². The Kier molecular flexibility index (Phi) is 6.32. The molecule has 3 aliphatic rings. The molecule has 0 saturated carbocycles. The number of nitrogens with one attached hydrogen (secondary N) is 3. The van der Waals surface area contributed by atoms with Gasteiger partial charge in [0.15, 0.2) is 0 Å². The van der Waals surface area contributed by atoms with Crippen LogP contribution >= 0.6 is 0 Å². The van der Waals surface area contributed by atoms with E-state index in [1.807, 2.05) is 0 Å². The molecule has 3 N–H and O–H groups in total. The third kappa shape index (κ3) is 4.69. The molecule has 4 rings (SSSR count). The summed E-state index contributed by atoms with van der Waals surface area (Å²) in [6, 6.07) is 2.65. The smallest absolute Gasteiger partial charge is 0.315 e. The third-order valence-corrected chi connectivity index (χ3v) is 6.52. The fourth-order valence-corrected chi connectivity index (χ4v) is 4.62.